The van der Waals surface area contributed by atoms with Gasteiger partial charge in [-0.1, -0.05) is 5.21 Å². The van der Waals surface area contributed by atoms with Gasteiger partial charge in [0.05, 0.1) is 17.8 Å². The van der Waals surface area contributed by atoms with E-state index in [9.17, 15) is 4.79 Å². The van der Waals surface area contributed by atoms with Crippen molar-refractivity contribution in [1.29, 1.82) is 0 Å². The molecular formula is C13H21BrN4O2. The van der Waals surface area contributed by atoms with Crippen LogP contribution in [0.2, 0.25) is 0 Å². The second kappa shape index (κ2) is 5.35. The molecule has 0 aliphatic carbocycles. The average molecular weight is 345 g/mol. The van der Waals surface area contributed by atoms with Gasteiger partial charge in [0.1, 0.15) is 5.60 Å². The largest absolute Gasteiger partial charge is 0.444 e. The molecule has 1 amide bonds. The maximum absolute atomic E-state index is 12.2. The molecule has 0 saturated carbocycles. The number of nitrogens with zero attached hydrogens (tertiary/aromatic N) is 4. The Labute approximate surface area is 127 Å². The zero-order valence-electron chi connectivity index (χ0n) is 12.6. The van der Waals surface area contributed by atoms with Crippen LogP contribution in [0.1, 0.15) is 45.9 Å². The molecule has 0 unspecified atom stereocenters. The maximum Gasteiger partial charge on any atom is 0.410 e. The molecule has 0 N–H and O–H groups in total. The van der Waals surface area contributed by atoms with Crippen LogP contribution in [-0.4, -0.2) is 44.2 Å². The predicted octanol–water partition coefficient (Wildman–Crippen LogP) is 2.92. The zero-order valence-corrected chi connectivity index (χ0v) is 14.1. The Morgan fingerprint density at radius 1 is 1.45 bits per heavy atom. The summed E-state index contributed by atoms with van der Waals surface area (Å²) in [6, 6.07) is 0.179. The minimum absolute atomic E-state index is 0.0390. The summed E-state index contributed by atoms with van der Waals surface area (Å²) in [7, 11) is 0. The van der Waals surface area contributed by atoms with Crippen molar-refractivity contribution in [2.24, 2.45) is 0 Å². The van der Waals surface area contributed by atoms with Gasteiger partial charge in [0.25, 0.3) is 0 Å². The van der Waals surface area contributed by atoms with Crippen molar-refractivity contribution in [3.63, 3.8) is 0 Å². The van der Waals surface area contributed by atoms with Crippen molar-refractivity contribution < 1.29 is 9.53 Å². The van der Waals surface area contributed by atoms with Gasteiger partial charge in [0.15, 0.2) is 4.60 Å². The molecule has 1 aromatic heterocycles. The van der Waals surface area contributed by atoms with Crippen molar-refractivity contribution in [2.45, 2.75) is 58.7 Å². The Hall–Kier alpha value is -1.11. The Morgan fingerprint density at radius 3 is 2.60 bits per heavy atom. The number of aromatic nitrogens is 3. The molecule has 0 aromatic carbocycles. The summed E-state index contributed by atoms with van der Waals surface area (Å²) >= 11 is 3.37. The first-order chi connectivity index (χ1) is 9.20. The highest BCUT2D eigenvalue weighted by Gasteiger charge is 2.38. The van der Waals surface area contributed by atoms with Gasteiger partial charge in [-0.05, 0) is 57.0 Å². The molecule has 1 aliphatic rings. The van der Waals surface area contributed by atoms with Crippen LogP contribution in [0, 0.1) is 6.92 Å². The molecule has 6 nitrogen and oxygen atoms in total. The maximum atomic E-state index is 12.2. The van der Waals surface area contributed by atoms with Gasteiger partial charge in [-0.15, -0.1) is 5.10 Å². The van der Waals surface area contributed by atoms with Crippen molar-refractivity contribution >= 4 is 22.0 Å². The lowest BCUT2D eigenvalue weighted by molar-refractivity contribution is 0.0222. The van der Waals surface area contributed by atoms with Crippen molar-refractivity contribution in [1.82, 2.24) is 19.9 Å². The second-order valence-corrected chi connectivity index (χ2v) is 6.93. The normalized spacial score (nSPS) is 23.2. The molecule has 1 aromatic rings. The van der Waals surface area contributed by atoms with Crippen molar-refractivity contribution in [3.8, 4) is 0 Å². The molecule has 2 rings (SSSR count). The van der Waals surface area contributed by atoms with Crippen molar-refractivity contribution in [2.75, 3.05) is 6.54 Å². The molecule has 0 spiro atoms. The monoisotopic (exact) mass is 344 g/mol. The number of amides is 1. The van der Waals surface area contributed by atoms with Gasteiger partial charge in [0.2, 0.25) is 0 Å². The van der Waals surface area contributed by atoms with Gasteiger partial charge in [-0.3, -0.25) is 0 Å². The SMILES string of the molecule is Cc1c(Br)nnn1[C@H]1CCN(C(=O)OC(C)(C)C)[C@H]1C. The molecule has 0 radical (unpaired) electrons. The number of carbonyl (C=O) groups is 1. The second-order valence-electron chi connectivity index (χ2n) is 6.18. The first-order valence-electron chi connectivity index (χ1n) is 6.77. The number of hydrogen-bond acceptors (Lipinski definition) is 4. The Kier molecular flexibility index (Phi) is 4.09. The van der Waals surface area contributed by atoms with Crippen LogP contribution in [-0.2, 0) is 4.74 Å². The van der Waals surface area contributed by atoms with E-state index in [2.05, 4.69) is 26.2 Å². The summed E-state index contributed by atoms with van der Waals surface area (Å²) < 4.78 is 8.08. The fourth-order valence-electron chi connectivity index (χ4n) is 2.47. The number of halogens is 1. The quantitative estimate of drug-likeness (QED) is 0.785. The number of carbonyl (C=O) groups excluding carboxylic acids is 1. The summed E-state index contributed by atoms with van der Waals surface area (Å²) in [5.74, 6) is 0. The summed E-state index contributed by atoms with van der Waals surface area (Å²) in [6.45, 7) is 10.3. The van der Waals surface area contributed by atoms with Gasteiger partial charge >= 0.3 is 6.09 Å². The Balaban J connectivity index is 2.12. The van der Waals surface area contributed by atoms with E-state index in [0.29, 0.717) is 6.54 Å². The van der Waals surface area contributed by atoms with Crippen molar-refractivity contribution in [3.05, 3.63) is 10.3 Å². The van der Waals surface area contributed by atoms with E-state index < -0.39 is 5.60 Å². The van der Waals surface area contributed by atoms with Gasteiger partial charge in [-0.2, -0.15) is 0 Å². The first kappa shape index (κ1) is 15.3. The summed E-state index contributed by atoms with van der Waals surface area (Å²) in [5, 5.41) is 8.18. The minimum atomic E-state index is -0.471. The summed E-state index contributed by atoms with van der Waals surface area (Å²) in [4.78, 5) is 14.0. The third kappa shape index (κ3) is 2.97. The molecule has 2 heterocycles. The summed E-state index contributed by atoms with van der Waals surface area (Å²) in [6.07, 6.45) is 0.598. The predicted molar refractivity (Wildman–Crippen MR) is 78.5 cm³/mol. The van der Waals surface area contributed by atoms with Crippen LogP contribution >= 0.6 is 15.9 Å². The highest BCUT2D eigenvalue weighted by atomic mass is 79.9. The number of ether oxygens (including phenoxy) is 1. The lowest BCUT2D eigenvalue weighted by Gasteiger charge is -2.28. The molecular weight excluding hydrogens is 324 g/mol. The van der Waals surface area contributed by atoms with Crippen LogP contribution in [0.25, 0.3) is 0 Å². The van der Waals surface area contributed by atoms with Crippen LogP contribution < -0.4 is 0 Å². The molecule has 20 heavy (non-hydrogen) atoms. The van der Waals surface area contributed by atoms with Gasteiger partial charge in [-0.25, -0.2) is 9.48 Å². The first-order valence-corrected chi connectivity index (χ1v) is 7.57. The highest BCUT2D eigenvalue weighted by Crippen LogP contribution is 2.31. The summed E-state index contributed by atoms with van der Waals surface area (Å²) in [5.41, 5.74) is 0.508. The molecule has 1 saturated heterocycles. The molecule has 112 valence electrons. The topological polar surface area (TPSA) is 60.2 Å². The lowest BCUT2D eigenvalue weighted by Crippen LogP contribution is -2.40. The fourth-order valence-corrected chi connectivity index (χ4v) is 2.72. The highest BCUT2D eigenvalue weighted by molar-refractivity contribution is 9.10. The third-order valence-corrected chi connectivity index (χ3v) is 4.26. The fraction of sp³-hybridized carbons (Fsp3) is 0.769. The lowest BCUT2D eigenvalue weighted by atomic mass is 10.1. The number of hydrogen-bond donors (Lipinski definition) is 0. The Morgan fingerprint density at radius 2 is 2.10 bits per heavy atom. The smallest absolute Gasteiger partial charge is 0.410 e. The van der Waals surface area contributed by atoms with E-state index in [0.717, 1.165) is 16.7 Å². The van der Waals surface area contributed by atoms with Gasteiger partial charge in [0, 0.05) is 6.54 Å². The van der Waals surface area contributed by atoms with Gasteiger partial charge < -0.3 is 9.64 Å². The number of rotatable bonds is 1. The van der Waals surface area contributed by atoms with Crippen LogP contribution in [0.4, 0.5) is 4.79 Å². The van der Waals surface area contributed by atoms with E-state index in [1.165, 1.54) is 0 Å². The molecule has 2 atom stereocenters. The van der Waals surface area contributed by atoms with Crippen LogP contribution in [0.15, 0.2) is 4.60 Å². The molecule has 0 bridgehead atoms. The van der Waals surface area contributed by atoms with E-state index in [1.54, 1.807) is 4.90 Å². The zero-order chi connectivity index (χ0) is 15.1. The number of likely N-dealkylation sites (tertiary alicyclic amines) is 1. The van der Waals surface area contributed by atoms with E-state index in [1.807, 2.05) is 39.3 Å². The molecule has 1 aliphatic heterocycles. The third-order valence-electron chi connectivity index (χ3n) is 3.53. The van der Waals surface area contributed by atoms with Crippen LogP contribution in [0.3, 0.4) is 0 Å². The minimum Gasteiger partial charge on any atom is -0.444 e. The molecule has 7 heteroatoms. The van der Waals surface area contributed by atoms with E-state index in [-0.39, 0.29) is 18.2 Å². The van der Waals surface area contributed by atoms with E-state index >= 15 is 0 Å². The van der Waals surface area contributed by atoms with Crippen LogP contribution in [0.5, 0.6) is 0 Å². The Bertz CT molecular complexity index is 509. The van der Waals surface area contributed by atoms with E-state index in [4.69, 9.17) is 4.74 Å². The molecule has 1 fully saturated rings. The average Bonchev–Trinajstić information content (AvgIpc) is 2.82. The standard InChI is InChI=1S/C13H21BrN4O2/c1-8-10(18-9(2)11(14)15-16-18)6-7-17(8)12(19)20-13(3,4)5/h8,10H,6-7H2,1-5H3/t8-,10-/m0/s1.